The van der Waals surface area contributed by atoms with Crippen LogP contribution >= 0.6 is 11.3 Å². The van der Waals surface area contributed by atoms with Crippen molar-refractivity contribution < 1.29 is 14.7 Å². The highest BCUT2D eigenvalue weighted by molar-refractivity contribution is 7.11. The van der Waals surface area contributed by atoms with Crippen molar-refractivity contribution in [3.8, 4) is 0 Å². The molecule has 1 aromatic heterocycles. The molecule has 0 aliphatic heterocycles. The number of rotatable bonds is 4. The summed E-state index contributed by atoms with van der Waals surface area (Å²) in [5.74, 6) is -0.992. The van der Waals surface area contributed by atoms with Crippen LogP contribution in [0.3, 0.4) is 0 Å². The Bertz CT molecular complexity index is 424. The van der Waals surface area contributed by atoms with Crippen LogP contribution in [0.4, 0.5) is 0 Å². The number of nitrogens with zero attached hydrogens (tertiary/aromatic N) is 1. The first-order valence-electron chi connectivity index (χ1n) is 5.62. The maximum Gasteiger partial charge on any atom is 0.322 e. The number of aliphatic carboxylic acids is 1. The van der Waals surface area contributed by atoms with E-state index in [0.717, 1.165) is 18.5 Å². The molecule has 0 atom stereocenters. The van der Waals surface area contributed by atoms with Crippen LogP contribution in [0, 0.1) is 0 Å². The lowest BCUT2D eigenvalue weighted by atomic mass is 10.0. The summed E-state index contributed by atoms with van der Waals surface area (Å²) in [5.41, 5.74) is 2.50. The van der Waals surface area contributed by atoms with E-state index in [-0.39, 0.29) is 12.5 Å². The molecule has 1 aliphatic rings. The van der Waals surface area contributed by atoms with Crippen LogP contribution in [0.5, 0.6) is 0 Å². The van der Waals surface area contributed by atoms with Crippen molar-refractivity contribution in [3.63, 3.8) is 0 Å². The van der Waals surface area contributed by atoms with Gasteiger partial charge in [0.2, 0.25) is 0 Å². The summed E-state index contributed by atoms with van der Waals surface area (Å²) in [6.07, 6.45) is 4.50. The lowest BCUT2D eigenvalue weighted by Gasteiger charge is -2.08. The third-order valence-corrected chi connectivity index (χ3v) is 3.78. The minimum atomic E-state index is -1.04. The normalized spacial score (nSPS) is 16.0. The van der Waals surface area contributed by atoms with E-state index in [0.29, 0.717) is 10.8 Å². The van der Waals surface area contributed by atoms with Crippen LogP contribution in [0.2, 0.25) is 0 Å². The molecule has 1 heterocycles. The van der Waals surface area contributed by atoms with Gasteiger partial charge in [-0.15, -0.1) is 11.3 Å². The van der Waals surface area contributed by atoms with Crippen molar-refractivity contribution >= 4 is 23.2 Å². The number of aromatic nitrogens is 1. The van der Waals surface area contributed by atoms with Crippen LogP contribution in [0.25, 0.3) is 0 Å². The summed E-state index contributed by atoms with van der Waals surface area (Å²) in [6.45, 7) is -0.346. The number of nitrogens with one attached hydrogen (secondary N) is 1. The summed E-state index contributed by atoms with van der Waals surface area (Å²) in [6, 6.07) is 0. The van der Waals surface area contributed by atoms with Gasteiger partial charge in [0.15, 0.2) is 0 Å². The molecule has 1 amide bonds. The van der Waals surface area contributed by atoms with Gasteiger partial charge in [0, 0.05) is 5.92 Å². The van der Waals surface area contributed by atoms with E-state index in [2.05, 4.69) is 10.3 Å². The van der Waals surface area contributed by atoms with Crippen LogP contribution in [-0.4, -0.2) is 28.5 Å². The molecule has 1 aliphatic carbocycles. The van der Waals surface area contributed by atoms with Gasteiger partial charge in [0.05, 0.1) is 11.2 Å². The highest BCUT2D eigenvalue weighted by atomic mass is 32.1. The summed E-state index contributed by atoms with van der Waals surface area (Å²) in [4.78, 5) is 27.0. The molecule has 2 rings (SSSR count). The van der Waals surface area contributed by atoms with Crippen LogP contribution in [0.15, 0.2) is 5.51 Å². The molecule has 2 N–H and O–H groups in total. The molecule has 5 nitrogen and oxygen atoms in total. The maximum absolute atomic E-state index is 11.8. The zero-order valence-electron chi connectivity index (χ0n) is 9.31. The number of carbonyl (C=O) groups excluding carboxylic acids is 1. The molecular weight excluding hydrogens is 240 g/mol. The Kier molecular flexibility index (Phi) is 3.73. The second-order valence-corrected chi connectivity index (χ2v) is 4.98. The Labute approximate surface area is 103 Å². The summed E-state index contributed by atoms with van der Waals surface area (Å²) in [5, 5.41) is 10.9. The van der Waals surface area contributed by atoms with Crippen LogP contribution < -0.4 is 5.32 Å². The third kappa shape index (κ3) is 2.82. The second kappa shape index (κ2) is 5.27. The molecule has 0 saturated heterocycles. The van der Waals surface area contributed by atoms with Crippen molar-refractivity contribution in [1.29, 1.82) is 0 Å². The molecule has 17 heavy (non-hydrogen) atoms. The zero-order valence-corrected chi connectivity index (χ0v) is 10.1. The molecule has 0 radical (unpaired) electrons. The van der Waals surface area contributed by atoms with Crippen LogP contribution in [0.1, 0.15) is 47.0 Å². The Morgan fingerprint density at radius 3 is 2.82 bits per heavy atom. The van der Waals surface area contributed by atoms with E-state index in [4.69, 9.17) is 5.11 Å². The largest absolute Gasteiger partial charge is 0.480 e. The lowest BCUT2D eigenvalue weighted by molar-refractivity contribution is -0.135. The second-order valence-electron chi connectivity index (χ2n) is 4.12. The van der Waals surface area contributed by atoms with Gasteiger partial charge in [-0.1, -0.05) is 12.8 Å². The molecule has 0 bridgehead atoms. The third-order valence-electron chi connectivity index (χ3n) is 2.94. The number of thiazole rings is 1. The van der Waals surface area contributed by atoms with Gasteiger partial charge in [-0.3, -0.25) is 9.59 Å². The number of carbonyl (C=O) groups is 2. The van der Waals surface area contributed by atoms with E-state index in [1.807, 2.05) is 0 Å². The predicted molar refractivity (Wildman–Crippen MR) is 63.3 cm³/mol. The highest BCUT2D eigenvalue weighted by Crippen LogP contribution is 2.35. The molecule has 0 unspecified atom stereocenters. The average molecular weight is 254 g/mol. The van der Waals surface area contributed by atoms with E-state index in [1.54, 1.807) is 5.51 Å². The molecule has 1 fully saturated rings. The molecule has 0 aromatic carbocycles. The minimum absolute atomic E-state index is 0.322. The lowest BCUT2D eigenvalue weighted by Crippen LogP contribution is -2.29. The first-order chi connectivity index (χ1) is 8.18. The van der Waals surface area contributed by atoms with Gasteiger partial charge in [-0.05, 0) is 12.8 Å². The molecule has 1 saturated carbocycles. The fraction of sp³-hybridized carbons (Fsp3) is 0.545. The zero-order chi connectivity index (χ0) is 12.3. The van der Waals surface area contributed by atoms with Crippen molar-refractivity contribution in [2.75, 3.05) is 6.54 Å². The van der Waals surface area contributed by atoms with Crippen LogP contribution in [-0.2, 0) is 4.79 Å². The Hall–Kier alpha value is -1.43. The number of amides is 1. The van der Waals surface area contributed by atoms with Gasteiger partial charge in [-0.25, -0.2) is 4.98 Å². The molecule has 0 spiro atoms. The quantitative estimate of drug-likeness (QED) is 0.855. The summed E-state index contributed by atoms with van der Waals surface area (Å²) < 4.78 is 0. The Morgan fingerprint density at radius 1 is 1.47 bits per heavy atom. The first kappa shape index (κ1) is 12.0. The average Bonchev–Trinajstić information content (AvgIpc) is 2.94. The fourth-order valence-corrected chi connectivity index (χ4v) is 2.94. The smallest absolute Gasteiger partial charge is 0.322 e. The topological polar surface area (TPSA) is 79.3 Å². The Morgan fingerprint density at radius 2 is 2.18 bits per heavy atom. The van der Waals surface area contributed by atoms with E-state index >= 15 is 0 Å². The molecular formula is C11H14N2O3S. The standard InChI is InChI=1S/C11H14N2O3S/c14-8(15)5-12-11(16)10-9(13-6-17-10)7-3-1-2-4-7/h6-7H,1-5H2,(H,12,16)(H,14,15). The number of hydrogen-bond acceptors (Lipinski definition) is 4. The van der Waals surface area contributed by atoms with E-state index in [1.165, 1.54) is 24.2 Å². The summed E-state index contributed by atoms with van der Waals surface area (Å²) >= 11 is 1.28. The first-order valence-corrected chi connectivity index (χ1v) is 6.50. The predicted octanol–water partition coefficient (Wildman–Crippen LogP) is 1.62. The van der Waals surface area contributed by atoms with Crippen molar-refractivity contribution in [2.24, 2.45) is 0 Å². The molecule has 1 aromatic rings. The summed E-state index contributed by atoms with van der Waals surface area (Å²) in [7, 11) is 0. The molecule has 6 heteroatoms. The van der Waals surface area contributed by atoms with Gasteiger partial charge in [0.25, 0.3) is 5.91 Å². The Balaban J connectivity index is 2.07. The van der Waals surface area contributed by atoms with Crippen molar-refractivity contribution in [3.05, 3.63) is 16.1 Å². The number of hydrogen-bond donors (Lipinski definition) is 2. The van der Waals surface area contributed by atoms with Gasteiger partial charge in [-0.2, -0.15) is 0 Å². The van der Waals surface area contributed by atoms with Gasteiger partial charge >= 0.3 is 5.97 Å². The fourth-order valence-electron chi connectivity index (χ4n) is 2.15. The van der Waals surface area contributed by atoms with E-state index < -0.39 is 5.97 Å². The van der Waals surface area contributed by atoms with Crippen molar-refractivity contribution in [2.45, 2.75) is 31.6 Å². The monoisotopic (exact) mass is 254 g/mol. The van der Waals surface area contributed by atoms with Crippen molar-refractivity contribution in [1.82, 2.24) is 10.3 Å². The van der Waals surface area contributed by atoms with E-state index in [9.17, 15) is 9.59 Å². The highest BCUT2D eigenvalue weighted by Gasteiger charge is 2.25. The minimum Gasteiger partial charge on any atom is -0.480 e. The SMILES string of the molecule is O=C(O)CNC(=O)c1scnc1C1CCCC1. The maximum atomic E-state index is 11.8. The van der Waals surface area contributed by atoms with Gasteiger partial charge < -0.3 is 10.4 Å². The van der Waals surface area contributed by atoms with Gasteiger partial charge in [0.1, 0.15) is 11.4 Å². The molecule has 92 valence electrons. The number of carboxylic acid groups (broad SMARTS) is 1. The number of carboxylic acids is 1.